The normalized spacial score (nSPS) is 9.95. The summed E-state index contributed by atoms with van der Waals surface area (Å²) >= 11 is 1.72. The van der Waals surface area contributed by atoms with Crippen molar-refractivity contribution >= 4 is 11.8 Å². The van der Waals surface area contributed by atoms with Crippen LogP contribution in [0.3, 0.4) is 0 Å². The van der Waals surface area contributed by atoms with Gasteiger partial charge in [-0.05, 0) is 31.2 Å². The van der Waals surface area contributed by atoms with Crippen molar-refractivity contribution in [3.05, 3.63) is 47.4 Å². The molecule has 2 rings (SSSR count). The van der Waals surface area contributed by atoms with Crippen molar-refractivity contribution in [2.24, 2.45) is 5.73 Å². The summed E-state index contributed by atoms with van der Waals surface area (Å²) in [6, 6.07) is 7.91. The minimum absolute atomic E-state index is 0.365. The molecule has 0 aliphatic carbocycles. The molecule has 1 heterocycles. The Balaban J connectivity index is 2.18. The molecular formula is C16H17NO2S. The summed E-state index contributed by atoms with van der Waals surface area (Å²) in [4.78, 5) is 1.14. The first-order chi connectivity index (χ1) is 9.74. The highest BCUT2D eigenvalue weighted by atomic mass is 32.2. The molecule has 0 amide bonds. The number of thioether (sulfide) groups is 1. The molecule has 2 N–H and O–H groups in total. The van der Waals surface area contributed by atoms with Gasteiger partial charge >= 0.3 is 0 Å². The molecule has 0 fully saturated rings. The van der Waals surface area contributed by atoms with E-state index in [1.165, 1.54) is 0 Å². The van der Waals surface area contributed by atoms with Gasteiger partial charge in [0.05, 0.1) is 19.9 Å². The Bertz CT molecular complexity index is 637. The standard InChI is InChI=1S/C16H17NO2S/c1-12-16(7-9-19-12)20-11-14-10-13(4-3-8-17)5-6-15(14)18-2/h5-7,9-10H,8,11,17H2,1-2H3. The molecule has 0 atom stereocenters. The zero-order valence-electron chi connectivity index (χ0n) is 11.6. The minimum Gasteiger partial charge on any atom is -0.496 e. The first kappa shape index (κ1) is 14.6. The molecule has 0 unspecified atom stereocenters. The molecule has 0 saturated carbocycles. The number of methoxy groups -OCH3 is 1. The number of aryl methyl sites for hydroxylation is 1. The van der Waals surface area contributed by atoms with E-state index in [2.05, 4.69) is 11.8 Å². The van der Waals surface area contributed by atoms with Gasteiger partial charge in [-0.3, -0.25) is 0 Å². The minimum atomic E-state index is 0.365. The summed E-state index contributed by atoms with van der Waals surface area (Å²) in [5.41, 5.74) is 7.46. The monoisotopic (exact) mass is 287 g/mol. The maximum atomic E-state index is 5.40. The summed E-state index contributed by atoms with van der Waals surface area (Å²) in [5.74, 6) is 8.52. The van der Waals surface area contributed by atoms with E-state index in [0.29, 0.717) is 6.54 Å². The molecule has 1 aromatic heterocycles. The average Bonchev–Trinajstić information content (AvgIpc) is 2.88. The van der Waals surface area contributed by atoms with E-state index in [1.54, 1.807) is 25.1 Å². The molecule has 20 heavy (non-hydrogen) atoms. The number of hydrogen-bond donors (Lipinski definition) is 1. The van der Waals surface area contributed by atoms with Crippen molar-refractivity contribution in [1.29, 1.82) is 0 Å². The summed E-state index contributed by atoms with van der Waals surface area (Å²) in [5, 5.41) is 0. The van der Waals surface area contributed by atoms with Gasteiger partial charge in [-0.15, -0.1) is 11.8 Å². The summed E-state index contributed by atoms with van der Waals surface area (Å²) in [6.45, 7) is 2.33. The van der Waals surface area contributed by atoms with Crippen LogP contribution >= 0.6 is 11.8 Å². The van der Waals surface area contributed by atoms with Crippen LogP contribution in [0.5, 0.6) is 5.75 Å². The lowest BCUT2D eigenvalue weighted by molar-refractivity contribution is 0.411. The van der Waals surface area contributed by atoms with E-state index < -0.39 is 0 Å². The van der Waals surface area contributed by atoms with E-state index in [1.807, 2.05) is 31.2 Å². The molecule has 4 heteroatoms. The molecule has 0 bridgehead atoms. The van der Waals surface area contributed by atoms with Gasteiger partial charge in [0.25, 0.3) is 0 Å². The van der Waals surface area contributed by atoms with Crippen LogP contribution in [-0.4, -0.2) is 13.7 Å². The topological polar surface area (TPSA) is 48.4 Å². The first-order valence-corrected chi connectivity index (χ1v) is 7.26. The van der Waals surface area contributed by atoms with Crippen LogP contribution in [0.15, 0.2) is 39.8 Å². The second kappa shape index (κ2) is 7.09. The predicted octanol–water partition coefficient (Wildman–Crippen LogP) is 3.20. The molecule has 0 aliphatic heterocycles. The third-order valence-electron chi connectivity index (χ3n) is 2.81. The second-order valence-electron chi connectivity index (χ2n) is 4.16. The fourth-order valence-corrected chi connectivity index (χ4v) is 2.74. The van der Waals surface area contributed by atoms with Gasteiger partial charge in [0.1, 0.15) is 11.5 Å². The number of rotatable bonds is 4. The van der Waals surface area contributed by atoms with E-state index in [0.717, 1.165) is 33.3 Å². The van der Waals surface area contributed by atoms with Crippen molar-refractivity contribution in [2.45, 2.75) is 17.6 Å². The van der Waals surface area contributed by atoms with Crippen molar-refractivity contribution in [2.75, 3.05) is 13.7 Å². The lowest BCUT2D eigenvalue weighted by Gasteiger charge is -2.08. The molecule has 0 radical (unpaired) electrons. The molecule has 0 saturated heterocycles. The fourth-order valence-electron chi connectivity index (χ4n) is 1.80. The highest BCUT2D eigenvalue weighted by Gasteiger charge is 2.07. The van der Waals surface area contributed by atoms with Gasteiger partial charge in [-0.1, -0.05) is 11.8 Å². The Morgan fingerprint density at radius 2 is 2.20 bits per heavy atom. The fraction of sp³-hybridized carbons (Fsp3) is 0.250. The Kier molecular flexibility index (Phi) is 5.16. The molecule has 104 valence electrons. The van der Waals surface area contributed by atoms with Crippen LogP contribution in [0, 0.1) is 18.8 Å². The van der Waals surface area contributed by atoms with Crippen molar-refractivity contribution < 1.29 is 9.15 Å². The van der Waals surface area contributed by atoms with Gasteiger partial charge in [0.15, 0.2) is 0 Å². The van der Waals surface area contributed by atoms with E-state index in [-0.39, 0.29) is 0 Å². The Morgan fingerprint density at radius 1 is 1.35 bits per heavy atom. The SMILES string of the molecule is COc1ccc(C#CCN)cc1CSc1ccoc1C. The summed E-state index contributed by atoms with van der Waals surface area (Å²) in [6.07, 6.45) is 1.71. The van der Waals surface area contributed by atoms with E-state index >= 15 is 0 Å². The molecule has 0 aliphatic rings. The average molecular weight is 287 g/mol. The summed E-state index contributed by atoms with van der Waals surface area (Å²) in [7, 11) is 1.68. The van der Waals surface area contributed by atoms with Crippen molar-refractivity contribution in [1.82, 2.24) is 0 Å². The maximum Gasteiger partial charge on any atom is 0.122 e. The molecule has 0 spiro atoms. The number of nitrogens with two attached hydrogens (primary N) is 1. The van der Waals surface area contributed by atoms with Gasteiger partial charge in [0.2, 0.25) is 0 Å². The van der Waals surface area contributed by atoms with E-state index in [4.69, 9.17) is 14.9 Å². The van der Waals surface area contributed by atoms with Crippen LogP contribution in [-0.2, 0) is 5.75 Å². The van der Waals surface area contributed by atoms with Crippen LogP contribution in [0.25, 0.3) is 0 Å². The number of benzene rings is 1. The highest BCUT2D eigenvalue weighted by Crippen LogP contribution is 2.30. The van der Waals surface area contributed by atoms with Crippen molar-refractivity contribution in [3.8, 4) is 17.6 Å². The third-order valence-corrected chi connectivity index (χ3v) is 4.00. The predicted molar refractivity (Wildman–Crippen MR) is 81.9 cm³/mol. The quantitative estimate of drug-likeness (QED) is 0.693. The highest BCUT2D eigenvalue weighted by molar-refractivity contribution is 7.98. The summed E-state index contributed by atoms with van der Waals surface area (Å²) < 4.78 is 10.7. The number of ether oxygens (including phenoxy) is 1. The van der Waals surface area contributed by atoms with Crippen LogP contribution in [0.2, 0.25) is 0 Å². The van der Waals surface area contributed by atoms with Gasteiger partial charge < -0.3 is 14.9 Å². The maximum absolute atomic E-state index is 5.40. The molecule has 3 nitrogen and oxygen atoms in total. The zero-order valence-corrected chi connectivity index (χ0v) is 12.4. The Labute approximate surface area is 123 Å². The molecular weight excluding hydrogens is 270 g/mol. The van der Waals surface area contributed by atoms with Gasteiger partial charge in [-0.2, -0.15) is 0 Å². The smallest absolute Gasteiger partial charge is 0.122 e. The molecule has 1 aromatic carbocycles. The number of hydrogen-bond acceptors (Lipinski definition) is 4. The number of furan rings is 1. The van der Waals surface area contributed by atoms with Crippen LogP contribution in [0.4, 0.5) is 0 Å². The lowest BCUT2D eigenvalue weighted by Crippen LogP contribution is -1.94. The molecule has 2 aromatic rings. The van der Waals surface area contributed by atoms with E-state index in [9.17, 15) is 0 Å². The first-order valence-electron chi connectivity index (χ1n) is 6.27. The van der Waals surface area contributed by atoms with Gasteiger partial charge in [0, 0.05) is 21.8 Å². The lowest BCUT2D eigenvalue weighted by atomic mass is 10.1. The van der Waals surface area contributed by atoms with Gasteiger partial charge in [-0.25, -0.2) is 0 Å². The third kappa shape index (κ3) is 3.60. The Hall–Kier alpha value is -1.83. The largest absolute Gasteiger partial charge is 0.496 e. The van der Waals surface area contributed by atoms with Crippen LogP contribution in [0.1, 0.15) is 16.9 Å². The zero-order chi connectivity index (χ0) is 14.4. The van der Waals surface area contributed by atoms with Crippen molar-refractivity contribution in [3.63, 3.8) is 0 Å². The second-order valence-corrected chi connectivity index (χ2v) is 5.18. The Morgan fingerprint density at radius 3 is 2.85 bits per heavy atom. The van der Waals surface area contributed by atoms with Crippen LogP contribution < -0.4 is 10.5 Å².